The number of rotatable bonds is 6. The summed E-state index contributed by atoms with van der Waals surface area (Å²) < 4.78 is 5.15. The third-order valence-corrected chi connectivity index (χ3v) is 7.89. The number of nitrogens with zero attached hydrogens (tertiary/aromatic N) is 1. The number of carbonyl (C=O) groups is 1. The first-order valence-electron chi connectivity index (χ1n) is 12.2. The van der Waals surface area contributed by atoms with E-state index in [1.807, 2.05) is 21.0 Å². The van der Waals surface area contributed by atoms with Crippen molar-refractivity contribution in [1.82, 2.24) is 4.90 Å². The Balaban J connectivity index is 1.73. The van der Waals surface area contributed by atoms with Gasteiger partial charge in [0.05, 0.1) is 6.04 Å². The van der Waals surface area contributed by atoms with Crippen molar-refractivity contribution in [2.75, 3.05) is 20.7 Å². The molecule has 0 radical (unpaired) electrons. The summed E-state index contributed by atoms with van der Waals surface area (Å²) in [7, 11) is 3.97. The van der Waals surface area contributed by atoms with Crippen molar-refractivity contribution in [2.45, 2.75) is 62.5 Å². The number of aryl methyl sites for hydroxylation is 1. The van der Waals surface area contributed by atoms with Crippen LogP contribution < -0.4 is 5.73 Å². The number of hydrogen-bond donors (Lipinski definition) is 2. The Hall–Kier alpha value is -2.81. The van der Waals surface area contributed by atoms with Crippen molar-refractivity contribution >= 4 is 6.09 Å². The number of carbonyl (C=O) groups excluding carboxylic acids is 1. The molecule has 5 nitrogen and oxygen atoms in total. The summed E-state index contributed by atoms with van der Waals surface area (Å²) in [6, 6.07) is 17.4. The first-order valence-corrected chi connectivity index (χ1v) is 12.2. The predicted molar refractivity (Wildman–Crippen MR) is 134 cm³/mol. The maximum Gasteiger partial charge on any atom is 0.404 e. The van der Waals surface area contributed by atoms with E-state index in [4.69, 9.17) is 10.5 Å². The number of aliphatic hydroxyl groups is 1. The second-order valence-electron chi connectivity index (χ2n) is 10.2. The van der Waals surface area contributed by atoms with Crippen LogP contribution in [0.1, 0.15) is 60.9 Å². The molecule has 0 spiro atoms. The summed E-state index contributed by atoms with van der Waals surface area (Å²) >= 11 is 0. The zero-order valence-corrected chi connectivity index (χ0v) is 20.5. The van der Waals surface area contributed by atoms with E-state index in [0.717, 1.165) is 31.2 Å². The van der Waals surface area contributed by atoms with Gasteiger partial charge in [-0.05, 0) is 87.7 Å². The Labute approximate surface area is 203 Å². The fourth-order valence-electron chi connectivity index (χ4n) is 6.25. The van der Waals surface area contributed by atoms with Crippen molar-refractivity contribution in [3.8, 4) is 11.8 Å². The molecule has 3 unspecified atom stereocenters. The van der Waals surface area contributed by atoms with Crippen molar-refractivity contribution < 1.29 is 14.6 Å². The van der Waals surface area contributed by atoms with Crippen LogP contribution in [0.2, 0.25) is 0 Å². The summed E-state index contributed by atoms with van der Waals surface area (Å²) in [5.74, 6) is 6.43. The monoisotopic (exact) mass is 460 g/mol. The lowest BCUT2D eigenvalue weighted by Gasteiger charge is -2.52. The van der Waals surface area contributed by atoms with Gasteiger partial charge in [-0.3, -0.25) is 4.90 Å². The van der Waals surface area contributed by atoms with Crippen molar-refractivity contribution in [3.05, 3.63) is 70.8 Å². The van der Waals surface area contributed by atoms with Crippen LogP contribution in [0.4, 0.5) is 4.79 Å². The van der Waals surface area contributed by atoms with Crippen LogP contribution in [0.25, 0.3) is 0 Å². The second-order valence-corrected chi connectivity index (χ2v) is 10.2. The Morgan fingerprint density at radius 2 is 2.00 bits per heavy atom. The Morgan fingerprint density at radius 3 is 2.68 bits per heavy atom. The molecule has 2 aromatic carbocycles. The summed E-state index contributed by atoms with van der Waals surface area (Å²) in [6.45, 7) is 2.03. The van der Waals surface area contributed by atoms with E-state index in [1.54, 1.807) is 0 Å². The van der Waals surface area contributed by atoms with Crippen LogP contribution in [0.5, 0.6) is 0 Å². The van der Waals surface area contributed by atoms with E-state index < -0.39 is 11.7 Å². The quantitative estimate of drug-likeness (QED) is 0.628. The van der Waals surface area contributed by atoms with Gasteiger partial charge in [0, 0.05) is 5.41 Å². The van der Waals surface area contributed by atoms with Gasteiger partial charge in [-0.1, -0.05) is 54.5 Å². The average Bonchev–Trinajstić information content (AvgIpc) is 2.80. The van der Waals surface area contributed by atoms with Gasteiger partial charge >= 0.3 is 6.09 Å². The van der Waals surface area contributed by atoms with Crippen molar-refractivity contribution in [3.63, 3.8) is 0 Å². The fraction of sp³-hybridized carbons (Fsp3) is 0.483. The topological polar surface area (TPSA) is 75.8 Å². The molecule has 0 heterocycles. The standard InChI is InChI=1S/C29H36N2O3/c1-4-14-28(33)15-16-29(18-21-8-6-5-7-9-21)24(19-28)12-10-22-17-23(11-13-25(22)29)26(31(2)3)20-34-27(30)32/h5-9,11,13,17,24,26,33H,10,12,15-16,18-20H2,1-3H3,(H2,30,32)/t24?,26-,28?,29?/m1/s1. The molecule has 4 atom stereocenters. The lowest BCUT2D eigenvalue weighted by Crippen LogP contribution is -2.51. The van der Waals surface area contributed by atoms with Gasteiger partial charge in [-0.2, -0.15) is 0 Å². The van der Waals surface area contributed by atoms with Crippen LogP contribution in [-0.2, 0) is 23.0 Å². The molecule has 1 saturated carbocycles. The number of nitrogens with two attached hydrogens (primary N) is 1. The van der Waals surface area contributed by atoms with Gasteiger partial charge in [0.15, 0.2) is 0 Å². The molecule has 0 aliphatic heterocycles. The molecule has 1 amide bonds. The van der Waals surface area contributed by atoms with Crippen LogP contribution in [0.3, 0.4) is 0 Å². The molecular weight excluding hydrogens is 424 g/mol. The van der Waals surface area contributed by atoms with E-state index in [0.29, 0.717) is 18.8 Å². The Bertz CT molecular complexity index is 1090. The third-order valence-electron chi connectivity index (χ3n) is 7.89. The number of amides is 1. The maximum absolute atomic E-state index is 11.2. The van der Waals surface area contributed by atoms with Crippen molar-refractivity contribution in [1.29, 1.82) is 0 Å². The minimum Gasteiger partial charge on any atom is -0.448 e. The summed E-state index contributed by atoms with van der Waals surface area (Å²) in [5.41, 5.74) is 9.54. The Morgan fingerprint density at radius 1 is 1.24 bits per heavy atom. The van der Waals surface area contributed by atoms with Gasteiger partial charge in [-0.25, -0.2) is 4.79 Å². The minimum atomic E-state index is -0.890. The van der Waals surface area contributed by atoms with Gasteiger partial charge in [-0.15, -0.1) is 5.92 Å². The molecule has 0 saturated heterocycles. The minimum absolute atomic E-state index is 0.0214. The number of primary amides is 1. The highest BCUT2D eigenvalue weighted by Crippen LogP contribution is 2.54. The summed E-state index contributed by atoms with van der Waals surface area (Å²) in [5, 5.41) is 11.2. The highest BCUT2D eigenvalue weighted by Gasteiger charge is 2.51. The predicted octanol–water partition coefficient (Wildman–Crippen LogP) is 4.37. The molecule has 2 aromatic rings. The molecule has 5 heteroatoms. The molecule has 3 N–H and O–H groups in total. The first kappa shape index (κ1) is 24.3. The number of hydrogen-bond acceptors (Lipinski definition) is 4. The van der Waals surface area contributed by atoms with Crippen LogP contribution in [0.15, 0.2) is 48.5 Å². The first-order chi connectivity index (χ1) is 16.3. The molecule has 1 fully saturated rings. The van der Waals surface area contributed by atoms with Gasteiger partial charge in [0.2, 0.25) is 0 Å². The lowest BCUT2D eigenvalue weighted by molar-refractivity contribution is -0.00805. The van der Waals surface area contributed by atoms with Gasteiger partial charge in [0.1, 0.15) is 12.2 Å². The normalized spacial score (nSPS) is 26.6. The van der Waals surface area contributed by atoms with E-state index in [2.05, 4.69) is 65.3 Å². The van der Waals surface area contributed by atoms with Gasteiger partial charge < -0.3 is 15.6 Å². The van der Waals surface area contributed by atoms with E-state index >= 15 is 0 Å². The van der Waals surface area contributed by atoms with Crippen molar-refractivity contribution in [2.24, 2.45) is 11.7 Å². The molecule has 0 aromatic heterocycles. The number of benzene rings is 2. The van der Waals surface area contributed by atoms with Crippen LogP contribution in [0, 0.1) is 17.8 Å². The lowest BCUT2D eigenvalue weighted by atomic mass is 9.52. The zero-order chi connectivity index (χ0) is 24.3. The maximum atomic E-state index is 11.2. The second kappa shape index (κ2) is 9.82. The van der Waals surface area contributed by atoms with E-state index in [9.17, 15) is 9.90 Å². The molecular formula is C29H36N2O3. The molecule has 34 heavy (non-hydrogen) atoms. The van der Waals surface area contributed by atoms with E-state index in [1.165, 1.54) is 16.7 Å². The largest absolute Gasteiger partial charge is 0.448 e. The number of ether oxygens (including phenoxy) is 1. The summed E-state index contributed by atoms with van der Waals surface area (Å²) in [6.07, 6.45) is 4.52. The molecule has 2 aliphatic rings. The van der Waals surface area contributed by atoms with Crippen LogP contribution in [-0.4, -0.2) is 42.4 Å². The molecule has 180 valence electrons. The summed E-state index contributed by atoms with van der Waals surface area (Å²) in [4.78, 5) is 13.3. The average molecular weight is 461 g/mol. The molecule has 0 bridgehead atoms. The zero-order valence-electron chi connectivity index (χ0n) is 20.5. The molecule has 2 aliphatic carbocycles. The molecule has 4 rings (SSSR count). The number of fused-ring (bicyclic) bond motifs is 3. The third kappa shape index (κ3) is 4.85. The van der Waals surface area contributed by atoms with E-state index in [-0.39, 0.29) is 18.1 Å². The smallest absolute Gasteiger partial charge is 0.404 e. The SMILES string of the molecule is CC#CC1(O)CCC2(Cc3ccccc3)c3ccc([C@@H](COC(N)=O)N(C)C)cc3CCC2C1. The fourth-order valence-corrected chi connectivity index (χ4v) is 6.25. The van der Waals surface area contributed by atoms with Crippen LogP contribution >= 0.6 is 0 Å². The Kier molecular flexibility index (Phi) is 7.02. The number of likely N-dealkylation sites (N-methyl/N-ethyl adjacent to an activating group) is 1. The highest BCUT2D eigenvalue weighted by atomic mass is 16.5. The van der Waals surface area contributed by atoms with Gasteiger partial charge in [0.25, 0.3) is 0 Å². The highest BCUT2D eigenvalue weighted by molar-refractivity contribution is 5.64.